The lowest BCUT2D eigenvalue weighted by Gasteiger charge is -2.15. The van der Waals surface area contributed by atoms with Crippen LogP contribution in [0.15, 0.2) is 0 Å². The van der Waals surface area contributed by atoms with E-state index in [0.717, 1.165) is 12.8 Å². The van der Waals surface area contributed by atoms with Gasteiger partial charge in [0, 0.05) is 16.3 Å². The lowest BCUT2D eigenvalue weighted by atomic mass is 9.97. The van der Waals surface area contributed by atoms with Gasteiger partial charge in [0.25, 0.3) is 0 Å². The third kappa shape index (κ3) is 1.71. The molecule has 0 saturated carbocycles. The predicted molar refractivity (Wildman–Crippen MR) is 60.7 cm³/mol. The summed E-state index contributed by atoms with van der Waals surface area (Å²) >= 11 is 1.81. The molecule has 0 radical (unpaired) electrons. The molecule has 2 N–H and O–H groups in total. The van der Waals surface area contributed by atoms with Gasteiger partial charge in [0.15, 0.2) is 0 Å². The molecule has 1 atom stereocenters. The molecule has 0 bridgehead atoms. The van der Waals surface area contributed by atoms with Crippen molar-refractivity contribution in [2.24, 2.45) is 5.73 Å². The molecule has 78 valence electrons. The van der Waals surface area contributed by atoms with E-state index in [2.05, 4.69) is 20.8 Å². The predicted octanol–water partition coefficient (Wildman–Crippen LogP) is 2.78. The van der Waals surface area contributed by atoms with E-state index in [1.165, 1.54) is 22.0 Å². The molecule has 2 nitrogen and oxygen atoms in total. The number of fused-ring (bicyclic) bond motifs is 1. The van der Waals surface area contributed by atoms with Crippen LogP contribution in [0.3, 0.4) is 0 Å². The maximum Gasteiger partial charge on any atom is 0.0985 e. The first kappa shape index (κ1) is 10.1. The molecule has 1 heterocycles. The molecular formula is C11H18N2S. The second kappa shape index (κ2) is 3.31. The molecule has 0 amide bonds. The summed E-state index contributed by atoms with van der Waals surface area (Å²) in [5, 5.41) is 1.24. The summed E-state index contributed by atoms with van der Waals surface area (Å²) in [5.41, 5.74) is 7.50. The number of thiazole rings is 1. The molecule has 14 heavy (non-hydrogen) atoms. The first-order valence-corrected chi connectivity index (χ1v) is 6.06. The Bertz CT molecular complexity index is 336. The van der Waals surface area contributed by atoms with Gasteiger partial charge in [0.05, 0.1) is 10.7 Å². The summed E-state index contributed by atoms with van der Waals surface area (Å²) in [6, 6.07) is 0.243. The van der Waals surface area contributed by atoms with Crippen LogP contribution in [0.2, 0.25) is 0 Å². The molecule has 1 aliphatic carbocycles. The number of hydrogen-bond donors (Lipinski definition) is 1. The van der Waals surface area contributed by atoms with Crippen LogP contribution >= 0.6 is 11.3 Å². The Morgan fingerprint density at radius 1 is 1.43 bits per heavy atom. The van der Waals surface area contributed by atoms with E-state index in [9.17, 15) is 0 Å². The number of nitrogens with two attached hydrogens (primary N) is 1. The SMILES string of the molecule is CC(C)(C)c1nc2c(s1)C(N)CCC2. The molecule has 0 saturated heterocycles. The highest BCUT2D eigenvalue weighted by atomic mass is 32.1. The van der Waals surface area contributed by atoms with Crippen LogP contribution in [0, 0.1) is 0 Å². The smallest absolute Gasteiger partial charge is 0.0985 e. The van der Waals surface area contributed by atoms with Gasteiger partial charge in [0.2, 0.25) is 0 Å². The van der Waals surface area contributed by atoms with Gasteiger partial charge in [-0.3, -0.25) is 0 Å². The third-order valence-electron chi connectivity index (χ3n) is 2.63. The van der Waals surface area contributed by atoms with Crippen molar-refractivity contribution in [1.82, 2.24) is 4.98 Å². The zero-order chi connectivity index (χ0) is 10.3. The maximum atomic E-state index is 6.07. The van der Waals surface area contributed by atoms with Gasteiger partial charge in [-0.1, -0.05) is 20.8 Å². The molecule has 3 heteroatoms. The molecule has 0 aromatic carbocycles. The van der Waals surface area contributed by atoms with E-state index >= 15 is 0 Å². The first-order chi connectivity index (χ1) is 6.48. The second-order valence-corrected chi connectivity index (χ2v) is 6.11. The molecule has 0 fully saturated rings. The van der Waals surface area contributed by atoms with E-state index in [0.29, 0.717) is 0 Å². The largest absolute Gasteiger partial charge is 0.323 e. The van der Waals surface area contributed by atoms with Crippen LogP contribution in [-0.2, 0) is 11.8 Å². The fourth-order valence-corrected chi connectivity index (χ4v) is 2.98. The van der Waals surface area contributed by atoms with Crippen molar-refractivity contribution in [3.05, 3.63) is 15.6 Å². The van der Waals surface area contributed by atoms with Crippen molar-refractivity contribution in [3.8, 4) is 0 Å². The highest BCUT2D eigenvalue weighted by molar-refractivity contribution is 7.12. The van der Waals surface area contributed by atoms with Crippen LogP contribution < -0.4 is 5.73 Å². The van der Waals surface area contributed by atoms with Crippen LogP contribution in [0.4, 0.5) is 0 Å². The van der Waals surface area contributed by atoms with Crippen LogP contribution in [0.5, 0.6) is 0 Å². The van der Waals surface area contributed by atoms with E-state index in [1.807, 2.05) is 11.3 Å². The molecule has 1 aromatic rings. The quantitative estimate of drug-likeness (QED) is 0.715. The Morgan fingerprint density at radius 2 is 2.14 bits per heavy atom. The normalized spacial score (nSPS) is 22.1. The van der Waals surface area contributed by atoms with Gasteiger partial charge in [-0.2, -0.15) is 0 Å². The Morgan fingerprint density at radius 3 is 2.71 bits per heavy atom. The van der Waals surface area contributed by atoms with Crippen LogP contribution in [0.1, 0.15) is 55.2 Å². The standard InChI is InChI=1S/C11H18N2S/c1-11(2,3)10-13-8-6-4-5-7(12)9(8)14-10/h7H,4-6,12H2,1-3H3. The highest BCUT2D eigenvalue weighted by Gasteiger charge is 2.26. The first-order valence-electron chi connectivity index (χ1n) is 5.24. The zero-order valence-electron chi connectivity index (χ0n) is 9.13. The summed E-state index contributed by atoms with van der Waals surface area (Å²) in [7, 11) is 0. The van der Waals surface area contributed by atoms with Crippen molar-refractivity contribution in [1.29, 1.82) is 0 Å². The van der Waals surface area contributed by atoms with Gasteiger partial charge in [-0.05, 0) is 19.3 Å². The molecule has 2 rings (SSSR count). The summed E-state index contributed by atoms with van der Waals surface area (Å²) in [6.45, 7) is 6.63. The molecule has 1 aliphatic rings. The molecule has 1 aromatic heterocycles. The van der Waals surface area contributed by atoms with Crippen molar-refractivity contribution in [2.45, 2.75) is 51.5 Å². The monoisotopic (exact) mass is 210 g/mol. The van der Waals surface area contributed by atoms with Gasteiger partial charge in [-0.25, -0.2) is 4.98 Å². The lowest BCUT2D eigenvalue weighted by Crippen LogP contribution is -2.15. The summed E-state index contributed by atoms with van der Waals surface area (Å²) in [6.07, 6.45) is 3.44. The Labute approximate surface area is 89.5 Å². The number of hydrogen-bond acceptors (Lipinski definition) is 3. The van der Waals surface area contributed by atoms with Gasteiger partial charge < -0.3 is 5.73 Å². The molecule has 1 unspecified atom stereocenters. The third-order valence-corrected chi connectivity index (χ3v) is 4.29. The summed E-state index contributed by atoms with van der Waals surface area (Å²) in [5.74, 6) is 0. The number of aromatic nitrogens is 1. The van der Waals surface area contributed by atoms with Crippen LogP contribution in [-0.4, -0.2) is 4.98 Å². The minimum Gasteiger partial charge on any atom is -0.323 e. The number of nitrogens with zero attached hydrogens (tertiary/aromatic N) is 1. The van der Waals surface area contributed by atoms with Crippen molar-refractivity contribution >= 4 is 11.3 Å². The zero-order valence-corrected chi connectivity index (χ0v) is 9.95. The minimum absolute atomic E-state index is 0.168. The van der Waals surface area contributed by atoms with E-state index < -0.39 is 0 Å². The molecule has 0 spiro atoms. The Balaban J connectivity index is 2.40. The van der Waals surface area contributed by atoms with Gasteiger partial charge in [-0.15, -0.1) is 11.3 Å². The number of aryl methyl sites for hydroxylation is 1. The Kier molecular flexibility index (Phi) is 2.40. The van der Waals surface area contributed by atoms with E-state index in [-0.39, 0.29) is 11.5 Å². The topological polar surface area (TPSA) is 38.9 Å². The minimum atomic E-state index is 0.168. The lowest BCUT2D eigenvalue weighted by molar-refractivity contribution is 0.561. The van der Waals surface area contributed by atoms with Gasteiger partial charge >= 0.3 is 0 Å². The van der Waals surface area contributed by atoms with E-state index in [4.69, 9.17) is 10.7 Å². The van der Waals surface area contributed by atoms with Crippen molar-refractivity contribution < 1.29 is 0 Å². The van der Waals surface area contributed by atoms with Crippen molar-refractivity contribution in [2.75, 3.05) is 0 Å². The Hall–Kier alpha value is -0.410. The maximum absolute atomic E-state index is 6.07. The summed E-state index contributed by atoms with van der Waals surface area (Å²) in [4.78, 5) is 6.05. The van der Waals surface area contributed by atoms with Crippen LogP contribution in [0.25, 0.3) is 0 Å². The average molecular weight is 210 g/mol. The fourth-order valence-electron chi connectivity index (χ4n) is 1.77. The fraction of sp³-hybridized carbons (Fsp3) is 0.727. The van der Waals surface area contributed by atoms with Crippen molar-refractivity contribution in [3.63, 3.8) is 0 Å². The summed E-state index contributed by atoms with van der Waals surface area (Å²) < 4.78 is 0. The number of rotatable bonds is 0. The van der Waals surface area contributed by atoms with E-state index in [1.54, 1.807) is 0 Å². The van der Waals surface area contributed by atoms with Gasteiger partial charge in [0.1, 0.15) is 0 Å². The highest BCUT2D eigenvalue weighted by Crippen LogP contribution is 2.36. The average Bonchev–Trinajstić information content (AvgIpc) is 2.48. The second-order valence-electron chi connectivity index (χ2n) is 5.08. The molecular weight excluding hydrogens is 192 g/mol. The molecule has 0 aliphatic heterocycles.